The summed E-state index contributed by atoms with van der Waals surface area (Å²) >= 11 is 0. The monoisotopic (exact) mass is 282 g/mol. The van der Waals surface area contributed by atoms with Gasteiger partial charge < -0.3 is 16.0 Å². The van der Waals surface area contributed by atoms with Gasteiger partial charge in [-0.05, 0) is 19.9 Å². The highest BCUT2D eigenvalue weighted by atomic mass is 19.1. The van der Waals surface area contributed by atoms with Crippen molar-refractivity contribution in [2.75, 3.05) is 26.0 Å². The number of aromatic nitrogens is 1. The van der Waals surface area contributed by atoms with Crippen molar-refractivity contribution in [3.63, 3.8) is 0 Å². The van der Waals surface area contributed by atoms with Crippen molar-refractivity contribution >= 4 is 17.6 Å². The lowest BCUT2D eigenvalue weighted by Gasteiger charge is -2.22. The van der Waals surface area contributed by atoms with Crippen molar-refractivity contribution in [2.45, 2.75) is 13.8 Å². The number of nitrogens with one attached hydrogen (secondary N) is 3. The molecule has 0 fully saturated rings. The molecule has 7 heteroatoms. The molecule has 0 spiro atoms. The highest BCUT2D eigenvalue weighted by Gasteiger charge is 2.27. The molecule has 0 atom stereocenters. The number of pyridine rings is 1. The first-order valence-corrected chi connectivity index (χ1v) is 6.16. The summed E-state index contributed by atoms with van der Waals surface area (Å²) in [6.45, 7) is 3.48. The molecule has 0 radical (unpaired) electrons. The van der Waals surface area contributed by atoms with E-state index >= 15 is 0 Å². The largest absolute Gasteiger partial charge is 0.371 e. The van der Waals surface area contributed by atoms with Gasteiger partial charge in [-0.25, -0.2) is 9.37 Å². The average molecular weight is 282 g/mol. The van der Waals surface area contributed by atoms with E-state index in [1.165, 1.54) is 26.4 Å². The van der Waals surface area contributed by atoms with Crippen molar-refractivity contribution in [2.24, 2.45) is 5.41 Å². The molecule has 1 aromatic heterocycles. The van der Waals surface area contributed by atoms with Crippen LogP contribution in [0, 0.1) is 11.2 Å². The molecule has 0 aromatic carbocycles. The second-order valence-electron chi connectivity index (χ2n) is 4.92. The highest BCUT2D eigenvalue weighted by molar-refractivity contribution is 5.95. The minimum absolute atomic E-state index is 0.00297. The van der Waals surface area contributed by atoms with Crippen LogP contribution < -0.4 is 16.0 Å². The Morgan fingerprint density at radius 2 is 2.00 bits per heavy atom. The van der Waals surface area contributed by atoms with E-state index in [2.05, 4.69) is 20.9 Å². The molecule has 0 aliphatic rings. The minimum atomic E-state index is -0.778. The number of anilines is 1. The van der Waals surface area contributed by atoms with Gasteiger partial charge in [-0.2, -0.15) is 0 Å². The lowest BCUT2D eigenvalue weighted by molar-refractivity contribution is -0.128. The van der Waals surface area contributed by atoms with Gasteiger partial charge in [-0.3, -0.25) is 9.59 Å². The van der Waals surface area contributed by atoms with Crippen molar-refractivity contribution < 1.29 is 14.0 Å². The number of carbonyl (C=O) groups is 2. The van der Waals surface area contributed by atoms with Crippen LogP contribution in [0.5, 0.6) is 0 Å². The fourth-order valence-corrected chi connectivity index (χ4v) is 1.61. The molecule has 1 rings (SSSR count). The third kappa shape index (κ3) is 3.43. The number of hydrogen-bond acceptors (Lipinski definition) is 4. The standard InChI is InChI=1S/C13H19FN4O2/c1-13(2,12(20)16-4)7-18-11(19)8-5-6-17-10(15-3)9(8)14/h5-6H,7H2,1-4H3,(H,15,17)(H,16,20)(H,18,19). The third-order valence-corrected chi connectivity index (χ3v) is 2.90. The third-order valence-electron chi connectivity index (χ3n) is 2.90. The molecule has 0 aliphatic carbocycles. The Kier molecular flexibility index (Phi) is 5.01. The van der Waals surface area contributed by atoms with E-state index in [1.807, 2.05) is 0 Å². The zero-order valence-electron chi connectivity index (χ0n) is 12.0. The van der Waals surface area contributed by atoms with Crippen LogP contribution in [0.1, 0.15) is 24.2 Å². The molecular formula is C13H19FN4O2. The van der Waals surface area contributed by atoms with Gasteiger partial charge in [0.25, 0.3) is 5.91 Å². The average Bonchev–Trinajstić information content (AvgIpc) is 2.44. The summed E-state index contributed by atoms with van der Waals surface area (Å²) in [5, 5.41) is 7.63. The van der Waals surface area contributed by atoms with Gasteiger partial charge in [0.1, 0.15) is 0 Å². The van der Waals surface area contributed by atoms with E-state index in [9.17, 15) is 14.0 Å². The Bertz CT molecular complexity index is 517. The summed E-state index contributed by atoms with van der Waals surface area (Å²) in [4.78, 5) is 27.3. The molecular weight excluding hydrogens is 263 g/mol. The van der Waals surface area contributed by atoms with Gasteiger partial charge in [-0.15, -0.1) is 0 Å². The Labute approximate surface area is 117 Å². The lowest BCUT2D eigenvalue weighted by Crippen LogP contribution is -2.43. The molecule has 2 amide bonds. The van der Waals surface area contributed by atoms with E-state index < -0.39 is 17.1 Å². The summed E-state index contributed by atoms with van der Waals surface area (Å²) in [5.41, 5.74) is -0.892. The zero-order valence-corrected chi connectivity index (χ0v) is 12.0. The van der Waals surface area contributed by atoms with E-state index in [0.29, 0.717) is 0 Å². The second-order valence-corrected chi connectivity index (χ2v) is 4.92. The normalized spacial score (nSPS) is 10.8. The molecule has 0 saturated carbocycles. The predicted octanol–water partition coefficient (Wildman–Crippen LogP) is 0.764. The Morgan fingerprint density at radius 1 is 1.35 bits per heavy atom. The maximum atomic E-state index is 13.9. The maximum Gasteiger partial charge on any atom is 0.254 e. The molecule has 0 saturated heterocycles. The molecule has 6 nitrogen and oxygen atoms in total. The number of rotatable bonds is 5. The minimum Gasteiger partial charge on any atom is -0.371 e. The zero-order chi connectivity index (χ0) is 15.3. The summed E-state index contributed by atoms with van der Waals surface area (Å²) in [5.74, 6) is -1.50. The van der Waals surface area contributed by atoms with Crippen LogP contribution in [-0.2, 0) is 4.79 Å². The molecule has 3 N–H and O–H groups in total. The van der Waals surface area contributed by atoms with Crippen molar-refractivity contribution in [3.8, 4) is 0 Å². The van der Waals surface area contributed by atoms with Crippen LogP contribution in [0.25, 0.3) is 0 Å². The molecule has 110 valence electrons. The molecule has 0 unspecified atom stereocenters. The lowest BCUT2D eigenvalue weighted by atomic mass is 9.92. The molecule has 1 aromatic rings. The van der Waals surface area contributed by atoms with Crippen LogP contribution >= 0.6 is 0 Å². The van der Waals surface area contributed by atoms with Crippen molar-refractivity contribution in [1.29, 1.82) is 0 Å². The number of halogens is 1. The Morgan fingerprint density at radius 3 is 2.55 bits per heavy atom. The first kappa shape index (κ1) is 15.9. The summed E-state index contributed by atoms with van der Waals surface area (Å²) < 4.78 is 13.9. The summed E-state index contributed by atoms with van der Waals surface area (Å²) in [6, 6.07) is 1.29. The molecule has 0 aliphatic heterocycles. The first-order valence-electron chi connectivity index (χ1n) is 6.16. The predicted molar refractivity (Wildman–Crippen MR) is 73.9 cm³/mol. The fraction of sp³-hybridized carbons (Fsp3) is 0.462. The van der Waals surface area contributed by atoms with Crippen molar-refractivity contribution in [3.05, 3.63) is 23.6 Å². The van der Waals surface area contributed by atoms with E-state index in [4.69, 9.17) is 0 Å². The van der Waals surface area contributed by atoms with E-state index in [0.717, 1.165) is 0 Å². The smallest absolute Gasteiger partial charge is 0.254 e. The van der Waals surface area contributed by atoms with Crippen LogP contribution in [0.15, 0.2) is 12.3 Å². The topological polar surface area (TPSA) is 83.1 Å². The van der Waals surface area contributed by atoms with E-state index in [1.54, 1.807) is 13.8 Å². The van der Waals surface area contributed by atoms with Gasteiger partial charge in [0.2, 0.25) is 5.91 Å². The maximum absolute atomic E-state index is 13.9. The van der Waals surface area contributed by atoms with Crippen LogP contribution in [0.2, 0.25) is 0 Å². The Balaban J connectivity index is 2.80. The van der Waals surface area contributed by atoms with Gasteiger partial charge in [-0.1, -0.05) is 0 Å². The van der Waals surface area contributed by atoms with Gasteiger partial charge >= 0.3 is 0 Å². The summed E-state index contributed by atoms with van der Waals surface area (Å²) in [6.07, 6.45) is 1.34. The fourth-order valence-electron chi connectivity index (χ4n) is 1.61. The molecule has 1 heterocycles. The Hall–Kier alpha value is -2.18. The highest BCUT2D eigenvalue weighted by Crippen LogP contribution is 2.16. The second kappa shape index (κ2) is 6.31. The molecule has 0 bridgehead atoms. The number of carbonyl (C=O) groups excluding carboxylic acids is 2. The SMILES string of the molecule is CNC(=O)C(C)(C)CNC(=O)c1ccnc(NC)c1F. The van der Waals surface area contributed by atoms with Gasteiger partial charge in [0.15, 0.2) is 11.6 Å². The van der Waals surface area contributed by atoms with Gasteiger partial charge in [0, 0.05) is 26.8 Å². The summed E-state index contributed by atoms with van der Waals surface area (Å²) in [7, 11) is 3.04. The van der Waals surface area contributed by atoms with Gasteiger partial charge in [0.05, 0.1) is 11.0 Å². The van der Waals surface area contributed by atoms with Crippen LogP contribution in [0.3, 0.4) is 0 Å². The van der Waals surface area contributed by atoms with Crippen LogP contribution in [-0.4, -0.2) is 37.4 Å². The first-order chi connectivity index (χ1) is 9.33. The van der Waals surface area contributed by atoms with Crippen molar-refractivity contribution in [1.82, 2.24) is 15.6 Å². The number of nitrogens with zero attached hydrogens (tertiary/aromatic N) is 1. The quantitative estimate of drug-likeness (QED) is 0.744. The van der Waals surface area contributed by atoms with E-state index in [-0.39, 0.29) is 23.8 Å². The number of amides is 2. The van der Waals surface area contributed by atoms with Crippen LogP contribution in [0.4, 0.5) is 10.2 Å². The number of hydrogen-bond donors (Lipinski definition) is 3. The molecule has 20 heavy (non-hydrogen) atoms.